The largest absolute Gasteiger partial charge is 0.312 e. The molecule has 108 valence electrons. The van der Waals surface area contributed by atoms with Crippen molar-refractivity contribution in [1.82, 2.24) is 10.2 Å². The number of nitrogens with one attached hydrogen (secondary N) is 1. The molecule has 0 aliphatic carbocycles. The maximum Gasteiger partial charge on any atom is 0.0351 e. The van der Waals surface area contributed by atoms with Crippen molar-refractivity contribution in [3.8, 4) is 10.4 Å². The molecule has 0 spiro atoms. The van der Waals surface area contributed by atoms with Gasteiger partial charge in [-0.2, -0.15) is 0 Å². The highest BCUT2D eigenvalue weighted by Crippen LogP contribution is 2.29. The van der Waals surface area contributed by atoms with Crippen molar-refractivity contribution in [3.63, 3.8) is 0 Å². The molecule has 3 rings (SSSR count). The van der Waals surface area contributed by atoms with Crippen LogP contribution in [0.15, 0.2) is 29.0 Å². The molecule has 2 nitrogen and oxygen atoms in total. The predicted octanol–water partition coefficient (Wildman–Crippen LogP) is 3.91. The summed E-state index contributed by atoms with van der Waals surface area (Å²) in [5, 5.41) is 8.05. The lowest BCUT2D eigenvalue weighted by Gasteiger charge is -2.13. The highest BCUT2D eigenvalue weighted by atomic mass is 32.1. The molecule has 4 heteroatoms. The van der Waals surface area contributed by atoms with Crippen LogP contribution in [0.4, 0.5) is 0 Å². The van der Waals surface area contributed by atoms with Crippen molar-refractivity contribution >= 4 is 22.7 Å². The molecule has 0 bridgehead atoms. The van der Waals surface area contributed by atoms with Gasteiger partial charge in [0.2, 0.25) is 0 Å². The third kappa shape index (κ3) is 3.50. The summed E-state index contributed by atoms with van der Waals surface area (Å²) < 4.78 is 0. The Kier molecular flexibility index (Phi) is 4.89. The molecule has 20 heavy (non-hydrogen) atoms. The first-order valence-corrected chi connectivity index (χ1v) is 9.15. The monoisotopic (exact) mass is 306 g/mol. The van der Waals surface area contributed by atoms with E-state index in [1.54, 1.807) is 0 Å². The zero-order valence-corrected chi connectivity index (χ0v) is 13.6. The van der Waals surface area contributed by atoms with Gasteiger partial charge in [0.25, 0.3) is 0 Å². The van der Waals surface area contributed by atoms with Gasteiger partial charge in [-0.15, -0.1) is 22.7 Å². The maximum atomic E-state index is 3.63. The van der Waals surface area contributed by atoms with Gasteiger partial charge in [0.1, 0.15) is 0 Å². The zero-order chi connectivity index (χ0) is 13.8. The van der Waals surface area contributed by atoms with Crippen molar-refractivity contribution < 1.29 is 0 Å². The Morgan fingerprint density at radius 3 is 3.10 bits per heavy atom. The Balaban J connectivity index is 1.45. The van der Waals surface area contributed by atoms with Crippen LogP contribution in [0.2, 0.25) is 0 Å². The van der Waals surface area contributed by atoms with Crippen molar-refractivity contribution in [2.24, 2.45) is 5.92 Å². The Hall–Kier alpha value is -0.680. The fourth-order valence-corrected chi connectivity index (χ4v) is 4.45. The van der Waals surface area contributed by atoms with E-state index in [-0.39, 0.29) is 0 Å². The molecule has 1 N–H and O–H groups in total. The molecule has 0 saturated carbocycles. The average molecular weight is 307 g/mol. The van der Waals surface area contributed by atoms with Gasteiger partial charge in [-0.05, 0) is 54.9 Å². The van der Waals surface area contributed by atoms with Crippen LogP contribution in [0.3, 0.4) is 0 Å². The van der Waals surface area contributed by atoms with E-state index in [9.17, 15) is 0 Å². The van der Waals surface area contributed by atoms with E-state index in [1.807, 2.05) is 22.7 Å². The molecule has 1 unspecified atom stereocenters. The van der Waals surface area contributed by atoms with Crippen molar-refractivity contribution in [2.45, 2.75) is 19.9 Å². The Morgan fingerprint density at radius 1 is 1.40 bits per heavy atom. The van der Waals surface area contributed by atoms with Crippen molar-refractivity contribution in [1.29, 1.82) is 0 Å². The van der Waals surface area contributed by atoms with Crippen molar-refractivity contribution in [3.05, 3.63) is 33.8 Å². The van der Waals surface area contributed by atoms with Crippen LogP contribution in [0.1, 0.15) is 18.2 Å². The van der Waals surface area contributed by atoms with Crippen LogP contribution in [0.5, 0.6) is 0 Å². The highest BCUT2D eigenvalue weighted by molar-refractivity contribution is 7.14. The molecule has 1 aliphatic heterocycles. The Morgan fingerprint density at radius 2 is 2.35 bits per heavy atom. The van der Waals surface area contributed by atoms with Crippen LogP contribution in [-0.2, 0) is 6.54 Å². The van der Waals surface area contributed by atoms with Gasteiger partial charge in [0, 0.05) is 28.4 Å². The molecular formula is C16H22N2S2. The van der Waals surface area contributed by atoms with E-state index in [2.05, 4.69) is 46.1 Å². The van der Waals surface area contributed by atoms with Crippen molar-refractivity contribution in [2.75, 3.05) is 26.2 Å². The summed E-state index contributed by atoms with van der Waals surface area (Å²) in [5.41, 5.74) is 1.37. The fraction of sp³-hybridized carbons (Fsp3) is 0.500. The zero-order valence-electron chi connectivity index (χ0n) is 12.0. The number of likely N-dealkylation sites (tertiary alicyclic amines) is 1. The lowest BCUT2D eigenvalue weighted by Crippen LogP contribution is -2.25. The van der Waals surface area contributed by atoms with E-state index in [0.717, 1.165) is 19.0 Å². The molecule has 2 aromatic rings. The van der Waals surface area contributed by atoms with Gasteiger partial charge in [0.05, 0.1) is 0 Å². The molecule has 1 fully saturated rings. The first kappa shape index (κ1) is 14.3. The third-order valence-corrected chi connectivity index (χ3v) is 5.86. The topological polar surface area (TPSA) is 15.3 Å². The molecule has 2 aromatic heterocycles. The number of hydrogen-bond acceptors (Lipinski definition) is 4. The molecule has 1 aliphatic rings. The summed E-state index contributed by atoms with van der Waals surface area (Å²) in [6, 6.07) is 6.65. The standard InChI is InChI=1S/C16H22N2S2/c1-2-18-6-5-13(11-18)9-17-10-15-8-14(12-20-15)16-4-3-7-19-16/h3-4,7-8,12-13,17H,2,5-6,9-11H2,1H3. The maximum absolute atomic E-state index is 3.63. The molecule has 1 atom stereocenters. The van der Waals surface area contributed by atoms with E-state index in [4.69, 9.17) is 0 Å². The number of hydrogen-bond donors (Lipinski definition) is 1. The van der Waals surface area contributed by atoms with Crippen LogP contribution in [0.25, 0.3) is 10.4 Å². The summed E-state index contributed by atoms with van der Waals surface area (Å²) in [5.74, 6) is 0.840. The molecule has 0 radical (unpaired) electrons. The first-order valence-electron chi connectivity index (χ1n) is 7.39. The second-order valence-corrected chi connectivity index (χ2v) is 7.40. The van der Waals surface area contributed by atoms with Crippen LogP contribution >= 0.6 is 22.7 Å². The van der Waals surface area contributed by atoms with E-state index >= 15 is 0 Å². The van der Waals surface area contributed by atoms with E-state index < -0.39 is 0 Å². The van der Waals surface area contributed by atoms with Gasteiger partial charge in [0.15, 0.2) is 0 Å². The van der Waals surface area contributed by atoms with Crippen LogP contribution < -0.4 is 5.32 Å². The number of rotatable bonds is 6. The minimum atomic E-state index is 0.840. The summed E-state index contributed by atoms with van der Waals surface area (Å²) in [7, 11) is 0. The quantitative estimate of drug-likeness (QED) is 0.870. The van der Waals surface area contributed by atoms with E-state index in [1.165, 1.54) is 41.4 Å². The molecule has 1 saturated heterocycles. The van der Waals surface area contributed by atoms with Gasteiger partial charge in [-0.25, -0.2) is 0 Å². The molecule has 0 aromatic carbocycles. The first-order chi connectivity index (χ1) is 9.85. The molecule has 0 amide bonds. The highest BCUT2D eigenvalue weighted by Gasteiger charge is 2.20. The smallest absolute Gasteiger partial charge is 0.0351 e. The minimum Gasteiger partial charge on any atom is -0.312 e. The lowest BCUT2D eigenvalue weighted by molar-refractivity contribution is 0.339. The average Bonchev–Trinajstić information content (AvgIpc) is 3.20. The number of nitrogens with zero attached hydrogens (tertiary/aromatic N) is 1. The molecule has 3 heterocycles. The van der Waals surface area contributed by atoms with E-state index in [0.29, 0.717) is 0 Å². The lowest BCUT2D eigenvalue weighted by atomic mass is 10.1. The van der Waals surface area contributed by atoms with Gasteiger partial charge in [-0.3, -0.25) is 0 Å². The van der Waals surface area contributed by atoms with Crippen LogP contribution in [0, 0.1) is 5.92 Å². The van der Waals surface area contributed by atoms with Gasteiger partial charge in [-0.1, -0.05) is 13.0 Å². The molecular weight excluding hydrogens is 284 g/mol. The summed E-state index contributed by atoms with van der Waals surface area (Å²) in [6.07, 6.45) is 1.35. The minimum absolute atomic E-state index is 0.840. The predicted molar refractivity (Wildman–Crippen MR) is 89.6 cm³/mol. The Bertz CT molecular complexity index is 518. The van der Waals surface area contributed by atoms with Gasteiger partial charge >= 0.3 is 0 Å². The number of thiophene rings is 2. The Labute approximate surface area is 129 Å². The second-order valence-electron chi connectivity index (χ2n) is 5.46. The fourth-order valence-electron chi connectivity index (χ4n) is 2.81. The summed E-state index contributed by atoms with van der Waals surface area (Å²) in [6.45, 7) is 8.18. The normalized spacial score (nSPS) is 19.8. The third-order valence-electron chi connectivity index (χ3n) is 4.01. The second kappa shape index (κ2) is 6.85. The van der Waals surface area contributed by atoms with Crippen LogP contribution in [-0.4, -0.2) is 31.1 Å². The van der Waals surface area contributed by atoms with Gasteiger partial charge < -0.3 is 10.2 Å². The summed E-state index contributed by atoms with van der Waals surface area (Å²) in [4.78, 5) is 5.37. The SMILES string of the molecule is CCN1CCC(CNCc2cc(-c3cccs3)cs2)C1. The summed E-state index contributed by atoms with van der Waals surface area (Å²) >= 11 is 3.69.